The number of hydrazone groups is 2. The Morgan fingerprint density at radius 3 is 2.30 bits per heavy atom. The van der Waals surface area contributed by atoms with Crippen LogP contribution < -0.4 is 4.74 Å². The molecule has 8 nitrogen and oxygen atoms in total. The Balaban J connectivity index is 2.24. The van der Waals surface area contributed by atoms with Crippen LogP contribution in [0.4, 0.5) is 0 Å². The minimum atomic E-state index is -1.12. The predicted octanol–water partition coefficient (Wildman–Crippen LogP) is -0.0817. The highest BCUT2D eigenvalue weighted by atomic mass is 16.7. The minimum absolute atomic E-state index is 0.0213. The van der Waals surface area contributed by atoms with E-state index in [2.05, 4.69) is 0 Å². The highest BCUT2D eigenvalue weighted by molar-refractivity contribution is 6.67. The Hall–Kier alpha value is -2.90. The summed E-state index contributed by atoms with van der Waals surface area (Å²) >= 11 is 0. The van der Waals surface area contributed by atoms with E-state index in [4.69, 9.17) is 9.84 Å². The molecule has 0 spiro atoms. The van der Waals surface area contributed by atoms with Gasteiger partial charge in [-0.15, -0.1) is 0 Å². The molecule has 1 aliphatic rings. The Morgan fingerprint density at radius 2 is 1.85 bits per heavy atom. The number of ketones is 1. The van der Waals surface area contributed by atoms with Gasteiger partial charge in [0.25, 0.3) is 0 Å². The van der Waals surface area contributed by atoms with Crippen LogP contribution in [0, 0.1) is 10.4 Å². The number of hydrazine groups is 1. The maximum atomic E-state index is 11.8. The predicted molar refractivity (Wildman–Crippen MR) is 66.6 cm³/mol. The van der Waals surface area contributed by atoms with Gasteiger partial charge in [-0.05, 0) is 24.3 Å². The van der Waals surface area contributed by atoms with Crippen LogP contribution in [0.2, 0.25) is 0 Å². The van der Waals surface area contributed by atoms with Crippen molar-refractivity contribution in [1.29, 1.82) is 0 Å². The molecule has 1 heterocycles. The molecule has 8 heteroatoms. The van der Waals surface area contributed by atoms with E-state index < -0.39 is 18.4 Å². The lowest BCUT2D eigenvalue weighted by atomic mass is 10.0. The molecule has 0 saturated heterocycles. The van der Waals surface area contributed by atoms with Crippen molar-refractivity contribution in [2.45, 2.75) is 6.92 Å². The number of hydrogen-bond acceptors (Lipinski definition) is 5. The van der Waals surface area contributed by atoms with Crippen LogP contribution in [0.15, 0.2) is 24.3 Å². The fourth-order valence-electron chi connectivity index (χ4n) is 1.67. The maximum Gasteiger partial charge on any atom is 0.348 e. The van der Waals surface area contributed by atoms with E-state index in [1.165, 1.54) is 31.2 Å². The van der Waals surface area contributed by atoms with Gasteiger partial charge in [0.1, 0.15) is 5.75 Å². The summed E-state index contributed by atoms with van der Waals surface area (Å²) in [7, 11) is 0. The molecule has 0 fully saturated rings. The lowest BCUT2D eigenvalue weighted by molar-refractivity contribution is -1.05. The molecule has 1 aromatic carbocycles. The number of hydrogen-bond donors (Lipinski definition) is 1. The molecule has 1 N–H and O–H groups in total. The Bertz CT molecular complexity index is 644. The zero-order chi connectivity index (χ0) is 14.9. The Kier molecular flexibility index (Phi) is 3.38. The van der Waals surface area contributed by atoms with E-state index in [1.54, 1.807) is 0 Å². The first kappa shape index (κ1) is 13.5. The van der Waals surface area contributed by atoms with E-state index in [0.29, 0.717) is 0 Å². The summed E-state index contributed by atoms with van der Waals surface area (Å²) in [6.45, 7) is 0.765. The topological polar surface area (TPSA) is 116 Å². The third kappa shape index (κ3) is 2.30. The summed E-state index contributed by atoms with van der Waals surface area (Å²) in [5.74, 6) is -1.49. The second-order valence-corrected chi connectivity index (χ2v) is 4.02. The third-order valence-electron chi connectivity index (χ3n) is 2.68. The molecule has 0 radical (unpaired) electrons. The van der Waals surface area contributed by atoms with Gasteiger partial charge in [-0.2, -0.15) is 0 Å². The van der Waals surface area contributed by atoms with Crippen LogP contribution >= 0.6 is 0 Å². The molecule has 1 aliphatic heterocycles. The number of carboxylic acids is 1. The first-order valence-electron chi connectivity index (χ1n) is 5.56. The number of ether oxygens (including phenoxy) is 1. The number of rotatable bonds is 4. The van der Waals surface area contributed by atoms with E-state index in [0.717, 1.165) is 0 Å². The fourth-order valence-corrected chi connectivity index (χ4v) is 1.67. The first-order valence-corrected chi connectivity index (χ1v) is 5.56. The van der Waals surface area contributed by atoms with Crippen LogP contribution in [0.1, 0.15) is 12.5 Å². The molecule has 20 heavy (non-hydrogen) atoms. The normalized spacial score (nSPS) is 14.9. The van der Waals surface area contributed by atoms with Gasteiger partial charge in [-0.3, -0.25) is 4.79 Å². The second-order valence-electron chi connectivity index (χ2n) is 4.02. The molecule has 0 aliphatic carbocycles. The van der Waals surface area contributed by atoms with E-state index in [9.17, 15) is 20.0 Å². The van der Waals surface area contributed by atoms with Crippen molar-refractivity contribution in [3.05, 3.63) is 40.2 Å². The van der Waals surface area contributed by atoms with Gasteiger partial charge < -0.3 is 20.3 Å². The fraction of sp³-hybridized carbons (Fsp3) is 0.167. The molecule has 0 unspecified atom stereocenters. The Morgan fingerprint density at radius 1 is 1.25 bits per heavy atom. The number of aliphatic carboxylic acids is 1. The van der Waals surface area contributed by atoms with Gasteiger partial charge in [-0.1, -0.05) is 0 Å². The highest BCUT2D eigenvalue weighted by Crippen LogP contribution is 2.15. The van der Waals surface area contributed by atoms with Crippen molar-refractivity contribution in [2.24, 2.45) is 0 Å². The van der Waals surface area contributed by atoms with Crippen LogP contribution in [-0.2, 0) is 9.59 Å². The lowest BCUT2D eigenvalue weighted by Crippen LogP contribution is -2.21. The quantitative estimate of drug-likeness (QED) is 0.608. The van der Waals surface area contributed by atoms with Crippen molar-refractivity contribution in [3.63, 3.8) is 0 Å². The first-order chi connectivity index (χ1) is 9.41. The molecule has 0 saturated carbocycles. The average molecular weight is 278 g/mol. The summed E-state index contributed by atoms with van der Waals surface area (Å²) in [6.07, 6.45) is 0. The molecule has 0 aromatic heterocycles. The van der Waals surface area contributed by atoms with E-state index >= 15 is 0 Å². The zero-order valence-corrected chi connectivity index (χ0v) is 10.4. The number of benzene rings is 1. The van der Waals surface area contributed by atoms with Crippen molar-refractivity contribution in [1.82, 2.24) is 0 Å². The molecule has 0 bridgehead atoms. The monoisotopic (exact) mass is 278 g/mol. The van der Waals surface area contributed by atoms with E-state index in [-0.39, 0.29) is 32.4 Å². The summed E-state index contributed by atoms with van der Waals surface area (Å²) < 4.78 is 4.92. The molecule has 0 amide bonds. The van der Waals surface area contributed by atoms with Crippen molar-refractivity contribution in [2.75, 3.05) is 6.61 Å². The molecule has 2 rings (SSSR count). The molecule has 0 atom stereocenters. The van der Waals surface area contributed by atoms with Gasteiger partial charge in [0.15, 0.2) is 6.61 Å². The summed E-state index contributed by atoms with van der Waals surface area (Å²) in [6, 6.07) is 5.63. The van der Waals surface area contributed by atoms with Gasteiger partial charge in [0, 0.05) is 6.92 Å². The number of carbonyl (C=O) groups is 2. The summed E-state index contributed by atoms with van der Waals surface area (Å²) in [5.41, 5.74) is -0.228. The van der Waals surface area contributed by atoms with Gasteiger partial charge in [0.05, 0.1) is 15.3 Å². The van der Waals surface area contributed by atoms with Gasteiger partial charge in [0.2, 0.25) is 0 Å². The highest BCUT2D eigenvalue weighted by Gasteiger charge is 2.42. The van der Waals surface area contributed by atoms with Crippen molar-refractivity contribution >= 4 is 23.2 Å². The molecule has 104 valence electrons. The smallest absolute Gasteiger partial charge is 0.348 e. The number of Topliss-reactive ketones (excluding diaryl/α,β-unsaturated/α-hetero) is 1. The van der Waals surface area contributed by atoms with Crippen molar-refractivity contribution < 1.29 is 29.1 Å². The number of nitrogens with zero attached hydrogens (tertiary/aromatic N) is 2. The van der Waals surface area contributed by atoms with Crippen LogP contribution in [-0.4, -0.2) is 44.6 Å². The standard InChI is InChI=1S/C12H10N2O6/c1-7-12(17)11(14(19)13(7)18)8-2-4-9(5-3-8)20-6-10(15)16/h2-5H,6H2,1H3,(H,15,16). The molecule has 1 aromatic rings. The third-order valence-corrected chi connectivity index (χ3v) is 2.68. The number of carboxylic acid groups (broad SMARTS) is 1. The second kappa shape index (κ2) is 5.00. The zero-order valence-electron chi connectivity index (χ0n) is 10.4. The largest absolute Gasteiger partial charge is 0.561 e. The lowest BCUT2D eigenvalue weighted by Gasteiger charge is -2.03. The summed E-state index contributed by atoms with van der Waals surface area (Å²) in [5, 5.41) is 31.3. The van der Waals surface area contributed by atoms with Crippen LogP contribution in [0.25, 0.3) is 0 Å². The summed E-state index contributed by atoms with van der Waals surface area (Å²) in [4.78, 5) is 22.1. The molecular formula is C12H10N2O6. The van der Waals surface area contributed by atoms with Crippen LogP contribution in [0.3, 0.4) is 0 Å². The SMILES string of the molecule is CC1=[N+]([O-])[N+]([O-])=C(c2ccc(OCC(=O)O)cc2)C1=O. The van der Waals surface area contributed by atoms with Crippen LogP contribution in [0.5, 0.6) is 5.75 Å². The molecular weight excluding hydrogens is 268 g/mol. The number of carbonyl (C=O) groups excluding carboxylic acids is 1. The van der Waals surface area contributed by atoms with Gasteiger partial charge >= 0.3 is 23.2 Å². The average Bonchev–Trinajstić information content (AvgIpc) is 2.62. The van der Waals surface area contributed by atoms with E-state index in [1.807, 2.05) is 0 Å². The maximum absolute atomic E-state index is 11.8. The Labute approximate surface area is 113 Å². The van der Waals surface area contributed by atoms with Crippen molar-refractivity contribution in [3.8, 4) is 5.75 Å². The minimum Gasteiger partial charge on any atom is -0.561 e. The van der Waals surface area contributed by atoms with Gasteiger partial charge in [-0.25, -0.2) is 4.79 Å².